The minimum absolute atomic E-state index is 0.0443. The van der Waals surface area contributed by atoms with Gasteiger partial charge in [-0.05, 0) is 37.6 Å². The van der Waals surface area contributed by atoms with Gasteiger partial charge in [-0.2, -0.15) is 0 Å². The number of carbonyl (C=O) groups is 2. The number of hydrogen-bond donors (Lipinski definition) is 1. The zero-order valence-electron chi connectivity index (χ0n) is 12.4. The molecule has 2 atom stereocenters. The Morgan fingerprint density at radius 3 is 2.30 bits per heavy atom. The number of amides is 2. The molecule has 2 amide bonds. The molecule has 0 aromatic heterocycles. The molecule has 1 aliphatic heterocycles. The number of hydrogen-bond acceptors (Lipinski definition) is 3. The number of piperazine rings is 1. The van der Waals surface area contributed by atoms with Gasteiger partial charge in [0.1, 0.15) is 12.1 Å². The van der Waals surface area contributed by atoms with Gasteiger partial charge in [0.05, 0.1) is 0 Å². The third kappa shape index (κ3) is 2.48. The van der Waals surface area contributed by atoms with Gasteiger partial charge < -0.3 is 10.2 Å². The Labute approximate surface area is 119 Å². The first-order chi connectivity index (χ1) is 9.45. The lowest BCUT2D eigenvalue weighted by molar-refractivity contribution is -0.133. The molecular weight excluding hydrogens is 254 g/mol. The molecule has 0 saturated carbocycles. The second-order valence-electron chi connectivity index (χ2n) is 5.26. The van der Waals surface area contributed by atoms with Crippen LogP contribution in [0.1, 0.15) is 20.3 Å². The summed E-state index contributed by atoms with van der Waals surface area (Å²) in [4.78, 5) is 28.0. The highest BCUT2D eigenvalue weighted by Crippen LogP contribution is 2.24. The van der Waals surface area contributed by atoms with Crippen LogP contribution in [-0.2, 0) is 9.59 Å². The van der Waals surface area contributed by atoms with E-state index in [9.17, 15) is 9.59 Å². The Kier molecular flexibility index (Phi) is 3.97. The van der Waals surface area contributed by atoms with E-state index in [2.05, 4.69) is 5.32 Å². The van der Waals surface area contributed by atoms with Gasteiger partial charge in [0.25, 0.3) is 0 Å². The number of carbonyl (C=O) groups excluding carboxylic acids is 2. The molecule has 108 valence electrons. The van der Waals surface area contributed by atoms with Gasteiger partial charge in [0.2, 0.25) is 11.8 Å². The number of rotatable bonds is 3. The fourth-order valence-corrected chi connectivity index (χ4v) is 2.37. The summed E-state index contributed by atoms with van der Waals surface area (Å²) in [5, 5.41) is 2.76. The van der Waals surface area contributed by atoms with Crippen LogP contribution in [0.5, 0.6) is 0 Å². The number of anilines is 2. The molecule has 0 bridgehead atoms. The molecule has 20 heavy (non-hydrogen) atoms. The van der Waals surface area contributed by atoms with Crippen molar-refractivity contribution < 1.29 is 9.59 Å². The Bertz CT molecular complexity index is 510. The van der Waals surface area contributed by atoms with Crippen LogP contribution in [0, 0.1) is 0 Å². The zero-order chi connectivity index (χ0) is 14.9. The molecular formula is C15H21N3O2. The summed E-state index contributed by atoms with van der Waals surface area (Å²) in [5.41, 5.74) is 1.82. The van der Waals surface area contributed by atoms with E-state index in [4.69, 9.17) is 0 Å². The zero-order valence-corrected chi connectivity index (χ0v) is 12.4. The molecule has 1 saturated heterocycles. The summed E-state index contributed by atoms with van der Waals surface area (Å²) >= 11 is 0. The summed E-state index contributed by atoms with van der Waals surface area (Å²) in [6, 6.07) is 6.76. The molecule has 1 N–H and O–H groups in total. The smallest absolute Gasteiger partial charge is 0.250 e. The van der Waals surface area contributed by atoms with Crippen molar-refractivity contribution in [1.29, 1.82) is 0 Å². The maximum atomic E-state index is 12.4. The van der Waals surface area contributed by atoms with Crippen molar-refractivity contribution in [2.45, 2.75) is 32.4 Å². The van der Waals surface area contributed by atoms with E-state index < -0.39 is 12.1 Å². The van der Waals surface area contributed by atoms with Crippen molar-refractivity contribution in [2.75, 3.05) is 23.9 Å². The van der Waals surface area contributed by atoms with E-state index in [1.54, 1.807) is 11.8 Å². The van der Waals surface area contributed by atoms with E-state index in [1.165, 1.54) is 0 Å². The predicted octanol–water partition coefficient (Wildman–Crippen LogP) is 1.38. The highest BCUT2D eigenvalue weighted by molar-refractivity contribution is 6.08. The fraction of sp³-hybridized carbons (Fsp3) is 0.467. The maximum Gasteiger partial charge on any atom is 0.250 e. The summed E-state index contributed by atoms with van der Waals surface area (Å²) < 4.78 is 0. The maximum absolute atomic E-state index is 12.4. The van der Waals surface area contributed by atoms with E-state index in [1.807, 2.05) is 50.2 Å². The van der Waals surface area contributed by atoms with Gasteiger partial charge in [-0.1, -0.05) is 6.92 Å². The second-order valence-corrected chi connectivity index (χ2v) is 5.26. The SMILES string of the molecule is CCC1NC(=O)C(C)N(c2ccc(N(C)C)cc2)C1=O. The molecule has 1 fully saturated rings. The van der Waals surface area contributed by atoms with Crippen LogP contribution in [0.25, 0.3) is 0 Å². The van der Waals surface area contributed by atoms with Crippen molar-refractivity contribution in [1.82, 2.24) is 5.32 Å². The van der Waals surface area contributed by atoms with Crippen molar-refractivity contribution in [2.24, 2.45) is 0 Å². The minimum Gasteiger partial charge on any atom is -0.378 e. The molecule has 1 aromatic rings. The lowest BCUT2D eigenvalue weighted by atomic mass is 10.1. The summed E-state index contributed by atoms with van der Waals surface area (Å²) in [6.07, 6.45) is 0.601. The summed E-state index contributed by atoms with van der Waals surface area (Å²) in [7, 11) is 3.93. The first kappa shape index (κ1) is 14.4. The molecule has 2 unspecified atom stereocenters. The summed E-state index contributed by atoms with van der Waals surface area (Å²) in [5.74, 6) is -0.148. The minimum atomic E-state index is -0.476. The average molecular weight is 275 g/mol. The van der Waals surface area contributed by atoms with Gasteiger partial charge in [-0.3, -0.25) is 14.5 Å². The Morgan fingerprint density at radius 2 is 1.80 bits per heavy atom. The fourth-order valence-electron chi connectivity index (χ4n) is 2.37. The Hall–Kier alpha value is -2.04. The van der Waals surface area contributed by atoms with E-state index in [0.29, 0.717) is 6.42 Å². The van der Waals surface area contributed by atoms with E-state index in [-0.39, 0.29) is 11.8 Å². The first-order valence-electron chi connectivity index (χ1n) is 6.86. The molecule has 1 aliphatic rings. The average Bonchev–Trinajstić information content (AvgIpc) is 2.43. The molecule has 0 spiro atoms. The largest absolute Gasteiger partial charge is 0.378 e. The monoisotopic (exact) mass is 275 g/mol. The Morgan fingerprint density at radius 1 is 1.20 bits per heavy atom. The van der Waals surface area contributed by atoms with Gasteiger partial charge in [-0.25, -0.2) is 0 Å². The number of benzene rings is 1. The standard InChI is InChI=1S/C15H21N3O2/c1-5-13-15(20)18(10(2)14(19)16-13)12-8-6-11(7-9-12)17(3)4/h6-10,13H,5H2,1-4H3,(H,16,19). The topological polar surface area (TPSA) is 52.7 Å². The molecule has 0 radical (unpaired) electrons. The van der Waals surface area contributed by atoms with Crippen LogP contribution < -0.4 is 15.1 Å². The highest BCUT2D eigenvalue weighted by Gasteiger charge is 2.37. The summed E-state index contributed by atoms with van der Waals surface area (Å²) in [6.45, 7) is 3.64. The molecule has 1 aromatic carbocycles. The third-order valence-electron chi connectivity index (χ3n) is 3.67. The third-order valence-corrected chi connectivity index (χ3v) is 3.67. The molecule has 5 nitrogen and oxygen atoms in total. The van der Waals surface area contributed by atoms with Crippen LogP contribution in [0.4, 0.5) is 11.4 Å². The van der Waals surface area contributed by atoms with Crippen molar-refractivity contribution in [3.8, 4) is 0 Å². The quantitative estimate of drug-likeness (QED) is 0.907. The van der Waals surface area contributed by atoms with Crippen LogP contribution in [0.3, 0.4) is 0 Å². The van der Waals surface area contributed by atoms with Gasteiger partial charge in [0, 0.05) is 25.5 Å². The molecule has 2 rings (SSSR count). The van der Waals surface area contributed by atoms with Crippen LogP contribution in [0.15, 0.2) is 24.3 Å². The van der Waals surface area contributed by atoms with Gasteiger partial charge >= 0.3 is 0 Å². The van der Waals surface area contributed by atoms with Crippen molar-refractivity contribution in [3.05, 3.63) is 24.3 Å². The lowest BCUT2D eigenvalue weighted by Crippen LogP contribution is -2.62. The highest BCUT2D eigenvalue weighted by atomic mass is 16.2. The van der Waals surface area contributed by atoms with Crippen molar-refractivity contribution in [3.63, 3.8) is 0 Å². The van der Waals surface area contributed by atoms with Gasteiger partial charge in [0.15, 0.2) is 0 Å². The molecule has 0 aliphatic carbocycles. The first-order valence-corrected chi connectivity index (χ1v) is 6.86. The molecule has 5 heteroatoms. The van der Waals surface area contributed by atoms with Gasteiger partial charge in [-0.15, -0.1) is 0 Å². The second kappa shape index (κ2) is 5.53. The normalized spacial score (nSPS) is 22.7. The van der Waals surface area contributed by atoms with E-state index >= 15 is 0 Å². The predicted molar refractivity (Wildman–Crippen MR) is 79.9 cm³/mol. The number of nitrogens with zero attached hydrogens (tertiary/aromatic N) is 2. The van der Waals surface area contributed by atoms with Crippen LogP contribution in [-0.4, -0.2) is 38.0 Å². The Balaban J connectivity index is 2.32. The van der Waals surface area contributed by atoms with Crippen LogP contribution in [0.2, 0.25) is 0 Å². The van der Waals surface area contributed by atoms with Crippen molar-refractivity contribution >= 4 is 23.2 Å². The van der Waals surface area contributed by atoms with E-state index in [0.717, 1.165) is 11.4 Å². The van der Waals surface area contributed by atoms with Crippen LogP contribution >= 0.6 is 0 Å². The molecule has 1 heterocycles. The number of nitrogens with one attached hydrogen (secondary N) is 1. The lowest BCUT2D eigenvalue weighted by Gasteiger charge is -2.37.